The monoisotopic (exact) mass is 604 g/mol. The Bertz CT molecular complexity index is 1630. The minimum Gasteiger partial charge on any atom is -0.490 e. The SMILES string of the molecule is CCOc1cc(C=Nn2c(C3CCCCC3)nc3ccccc3c2=O)c(Br)cc1OCc1cccc([N+](=O)[O-])c1. The summed E-state index contributed by atoms with van der Waals surface area (Å²) in [6.07, 6.45) is 7.00. The summed E-state index contributed by atoms with van der Waals surface area (Å²) in [7, 11) is 0. The Morgan fingerprint density at radius 3 is 2.62 bits per heavy atom. The highest BCUT2D eigenvalue weighted by molar-refractivity contribution is 9.10. The van der Waals surface area contributed by atoms with E-state index in [9.17, 15) is 14.9 Å². The molecular weight excluding hydrogens is 576 g/mol. The Balaban J connectivity index is 1.47. The van der Waals surface area contributed by atoms with Crippen LogP contribution in [0.2, 0.25) is 0 Å². The van der Waals surface area contributed by atoms with E-state index in [-0.39, 0.29) is 23.8 Å². The summed E-state index contributed by atoms with van der Waals surface area (Å²) < 4.78 is 14.0. The van der Waals surface area contributed by atoms with Crippen molar-refractivity contribution in [1.82, 2.24) is 9.66 Å². The summed E-state index contributed by atoms with van der Waals surface area (Å²) in [5.74, 6) is 1.84. The van der Waals surface area contributed by atoms with Gasteiger partial charge in [0.15, 0.2) is 11.5 Å². The molecule has 3 aromatic carbocycles. The van der Waals surface area contributed by atoms with Gasteiger partial charge in [-0.05, 0) is 65.5 Å². The zero-order chi connectivity index (χ0) is 28.1. The highest BCUT2D eigenvalue weighted by Gasteiger charge is 2.22. The van der Waals surface area contributed by atoms with Gasteiger partial charge in [-0.25, -0.2) is 4.98 Å². The highest BCUT2D eigenvalue weighted by atomic mass is 79.9. The van der Waals surface area contributed by atoms with Crippen molar-refractivity contribution in [2.24, 2.45) is 5.10 Å². The molecule has 9 nitrogen and oxygen atoms in total. The molecule has 10 heteroatoms. The van der Waals surface area contributed by atoms with Gasteiger partial charge in [-0.3, -0.25) is 14.9 Å². The third-order valence-electron chi connectivity index (χ3n) is 6.94. The number of ether oxygens (including phenoxy) is 2. The van der Waals surface area contributed by atoms with Gasteiger partial charge >= 0.3 is 0 Å². The van der Waals surface area contributed by atoms with Crippen LogP contribution in [0, 0.1) is 10.1 Å². The van der Waals surface area contributed by atoms with Crippen LogP contribution in [-0.2, 0) is 6.61 Å². The predicted molar refractivity (Wildman–Crippen MR) is 158 cm³/mol. The fourth-order valence-corrected chi connectivity index (χ4v) is 5.37. The van der Waals surface area contributed by atoms with Crippen LogP contribution in [0.4, 0.5) is 5.69 Å². The fraction of sp³-hybridized carbons (Fsp3) is 0.300. The molecule has 1 aliphatic rings. The Morgan fingerprint density at radius 2 is 1.85 bits per heavy atom. The summed E-state index contributed by atoms with van der Waals surface area (Å²) in [6.45, 7) is 2.41. The van der Waals surface area contributed by atoms with E-state index in [1.54, 1.807) is 36.5 Å². The Labute approximate surface area is 239 Å². The van der Waals surface area contributed by atoms with Crippen molar-refractivity contribution in [2.75, 3.05) is 6.61 Å². The van der Waals surface area contributed by atoms with Crippen molar-refractivity contribution in [2.45, 2.75) is 51.6 Å². The van der Waals surface area contributed by atoms with Crippen molar-refractivity contribution in [3.8, 4) is 11.5 Å². The number of benzene rings is 3. The number of rotatable bonds is 9. The molecule has 1 heterocycles. The van der Waals surface area contributed by atoms with Crippen molar-refractivity contribution in [3.63, 3.8) is 0 Å². The van der Waals surface area contributed by atoms with Gasteiger partial charge in [0.2, 0.25) is 0 Å². The summed E-state index contributed by atoms with van der Waals surface area (Å²) in [5.41, 5.74) is 1.85. The second-order valence-corrected chi connectivity index (χ2v) is 10.5. The normalized spacial score (nSPS) is 14.1. The number of fused-ring (bicyclic) bond motifs is 1. The molecule has 1 aromatic heterocycles. The number of non-ortho nitro benzene ring substituents is 1. The molecule has 4 aromatic rings. The van der Waals surface area contributed by atoms with Gasteiger partial charge in [-0.15, -0.1) is 0 Å². The van der Waals surface area contributed by atoms with Crippen LogP contribution in [-0.4, -0.2) is 27.4 Å². The lowest BCUT2D eigenvalue weighted by Crippen LogP contribution is -2.25. The minimum atomic E-state index is -0.435. The number of hydrogen-bond acceptors (Lipinski definition) is 7. The molecule has 5 rings (SSSR count). The number of nitro groups is 1. The molecule has 1 saturated carbocycles. The zero-order valence-electron chi connectivity index (χ0n) is 22.1. The van der Waals surface area contributed by atoms with E-state index in [0.717, 1.165) is 25.7 Å². The first-order chi connectivity index (χ1) is 19.4. The first-order valence-electron chi connectivity index (χ1n) is 13.3. The maximum atomic E-state index is 13.5. The average molecular weight is 605 g/mol. The van der Waals surface area contributed by atoms with Gasteiger partial charge in [0.05, 0.1) is 28.6 Å². The second kappa shape index (κ2) is 12.4. The molecule has 0 aliphatic heterocycles. The lowest BCUT2D eigenvalue weighted by Gasteiger charge is -2.22. The smallest absolute Gasteiger partial charge is 0.282 e. The number of halogens is 1. The van der Waals surface area contributed by atoms with Crippen LogP contribution in [0.1, 0.15) is 61.9 Å². The number of para-hydroxylation sites is 1. The van der Waals surface area contributed by atoms with Crippen molar-refractivity contribution in [1.29, 1.82) is 0 Å². The molecular formula is C30H29BrN4O5. The molecule has 0 unspecified atom stereocenters. The van der Waals surface area contributed by atoms with E-state index in [0.29, 0.717) is 50.4 Å². The molecule has 206 valence electrons. The standard InChI is InChI=1S/C30H29BrN4O5/c1-2-39-27-16-22(25(31)17-28(27)40-19-20-9-8-12-23(15-20)35(37)38)18-32-34-29(21-10-4-3-5-11-21)33-26-14-7-6-13-24(26)30(34)36/h6-9,12-18,21H,2-5,10-11,19H2,1H3. The van der Waals surface area contributed by atoms with Gasteiger partial charge < -0.3 is 9.47 Å². The molecule has 40 heavy (non-hydrogen) atoms. The maximum Gasteiger partial charge on any atom is 0.282 e. The molecule has 0 amide bonds. The van der Waals surface area contributed by atoms with Crippen molar-refractivity contribution in [3.05, 3.63) is 103 Å². The maximum absolute atomic E-state index is 13.5. The molecule has 0 radical (unpaired) electrons. The highest BCUT2D eigenvalue weighted by Crippen LogP contribution is 2.35. The van der Waals surface area contributed by atoms with Crippen LogP contribution in [0.3, 0.4) is 0 Å². The molecule has 1 aliphatic carbocycles. The van der Waals surface area contributed by atoms with E-state index in [1.807, 2.05) is 25.1 Å². The number of aromatic nitrogens is 2. The molecule has 0 atom stereocenters. The molecule has 0 saturated heterocycles. The third kappa shape index (κ3) is 6.07. The lowest BCUT2D eigenvalue weighted by molar-refractivity contribution is -0.384. The van der Waals surface area contributed by atoms with Gasteiger partial charge in [0.25, 0.3) is 11.2 Å². The second-order valence-electron chi connectivity index (χ2n) is 9.65. The Kier molecular flexibility index (Phi) is 8.54. The summed E-state index contributed by atoms with van der Waals surface area (Å²) in [5, 5.41) is 16.3. The van der Waals surface area contributed by atoms with Gasteiger partial charge in [-0.2, -0.15) is 9.78 Å². The molecule has 0 spiro atoms. The number of hydrogen-bond donors (Lipinski definition) is 0. The van der Waals surface area contributed by atoms with Crippen molar-refractivity contribution < 1.29 is 14.4 Å². The molecule has 0 N–H and O–H groups in total. The molecule has 0 bridgehead atoms. The minimum absolute atomic E-state index is 0.00453. The topological polar surface area (TPSA) is 109 Å². The van der Waals surface area contributed by atoms with Crippen molar-refractivity contribution >= 4 is 38.7 Å². The quantitative estimate of drug-likeness (QED) is 0.116. The Morgan fingerprint density at radius 1 is 1.07 bits per heavy atom. The van der Waals surface area contributed by atoms with E-state index >= 15 is 0 Å². The van der Waals surface area contributed by atoms with Crippen LogP contribution in [0.25, 0.3) is 10.9 Å². The first-order valence-corrected chi connectivity index (χ1v) is 14.1. The predicted octanol–water partition coefficient (Wildman–Crippen LogP) is 6.97. The van der Waals surface area contributed by atoms with E-state index in [1.165, 1.54) is 23.2 Å². The van der Waals surface area contributed by atoms with E-state index in [4.69, 9.17) is 14.5 Å². The van der Waals surface area contributed by atoms with Crippen LogP contribution in [0.5, 0.6) is 11.5 Å². The number of nitro benzene ring substituents is 1. The van der Waals surface area contributed by atoms with Gasteiger partial charge in [0, 0.05) is 28.1 Å². The summed E-state index contributed by atoms with van der Waals surface area (Å²) >= 11 is 3.60. The first kappa shape index (κ1) is 27.5. The summed E-state index contributed by atoms with van der Waals surface area (Å²) in [6, 6.07) is 17.2. The summed E-state index contributed by atoms with van der Waals surface area (Å²) in [4.78, 5) is 29.1. The number of nitrogens with zero attached hydrogens (tertiary/aromatic N) is 4. The zero-order valence-corrected chi connectivity index (χ0v) is 23.7. The van der Waals surface area contributed by atoms with Crippen LogP contribution in [0.15, 0.2) is 75.0 Å². The lowest BCUT2D eigenvalue weighted by atomic mass is 9.88. The van der Waals surface area contributed by atoms with Gasteiger partial charge in [-0.1, -0.05) is 43.5 Å². The van der Waals surface area contributed by atoms with Crippen LogP contribution < -0.4 is 15.0 Å². The van der Waals surface area contributed by atoms with Gasteiger partial charge in [0.1, 0.15) is 12.4 Å². The fourth-order valence-electron chi connectivity index (χ4n) is 4.95. The van der Waals surface area contributed by atoms with E-state index < -0.39 is 4.92 Å². The molecule has 1 fully saturated rings. The van der Waals surface area contributed by atoms with E-state index in [2.05, 4.69) is 21.0 Å². The third-order valence-corrected chi connectivity index (χ3v) is 7.63. The largest absolute Gasteiger partial charge is 0.490 e. The Hall–Kier alpha value is -4.05. The van der Waals surface area contributed by atoms with Crippen LogP contribution >= 0.6 is 15.9 Å². The average Bonchev–Trinajstić information content (AvgIpc) is 2.97.